The summed E-state index contributed by atoms with van der Waals surface area (Å²) in [6.45, 7) is 5.28. The molecule has 1 saturated heterocycles. The lowest BCUT2D eigenvalue weighted by molar-refractivity contribution is 0.0206. The molecule has 8 heteroatoms. The van der Waals surface area contributed by atoms with E-state index in [0.717, 1.165) is 50.1 Å². The number of hydrogen-bond acceptors (Lipinski definition) is 6. The van der Waals surface area contributed by atoms with E-state index in [1.165, 1.54) is 6.07 Å². The van der Waals surface area contributed by atoms with Crippen LogP contribution in [0.5, 0.6) is 11.5 Å². The molecular formula is C24H21Br2NO5. The van der Waals surface area contributed by atoms with Gasteiger partial charge in [-0.25, -0.2) is 4.79 Å². The van der Waals surface area contributed by atoms with Gasteiger partial charge in [-0.1, -0.05) is 15.9 Å². The molecule has 0 spiro atoms. The van der Waals surface area contributed by atoms with E-state index in [-0.39, 0.29) is 11.7 Å². The normalized spacial score (nSPS) is 19.8. The molecule has 2 aliphatic rings. The Hall–Kier alpha value is -2.13. The third-order valence-corrected chi connectivity index (χ3v) is 6.74. The molecule has 1 aromatic heterocycles. The average molecular weight is 563 g/mol. The Morgan fingerprint density at radius 1 is 1.16 bits per heavy atom. The van der Waals surface area contributed by atoms with Crippen LogP contribution in [0.2, 0.25) is 0 Å². The predicted molar refractivity (Wildman–Crippen MR) is 128 cm³/mol. The van der Waals surface area contributed by atoms with E-state index in [1.54, 1.807) is 6.07 Å². The van der Waals surface area contributed by atoms with Crippen molar-refractivity contribution < 1.29 is 18.6 Å². The molecule has 1 fully saturated rings. The maximum Gasteiger partial charge on any atom is 0.336 e. The minimum Gasteiger partial charge on any atom is -0.489 e. The Balaban J connectivity index is 1.40. The summed E-state index contributed by atoms with van der Waals surface area (Å²) in [6, 6.07) is 11.1. The van der Waals surface area contributed by atoms with Crippen molar-refractivity contribution in [3.63, 3.8) is 0 Å². The van der Waals surface area contributed by atoms with Crippen molar-refractivity contribution in [2.45, 2.75) is 13.0 Å². The van der Waals surface area contributed by atoms with Gasteiger partial charge >= 0.3 is 5.63 Å². The number of rotatable bonds is 4. The van der Waals surface area contributed by atoms with Crippen molar-refractivity contribution in [1.82, 2.24) is 4.90 Å². The Labute approximate surface area is 202 Å². The van der Waals surface area contributed by atoms with Crippen molar-refractivity contribution in [2.24, 2.45) is 0 Å². The summed E-state index contributed by atoms with van der Waals surface area (Å²) in [5.41, 5.74) is 2.15. The van der Waals surface area contributed by atoms with Crippen LogP contribution in [0, 0.1) is 6.92 Å². The number of nitrogens with zero attached hydrogens (tertiary/aromatic N) is 1. The first-order chi connectivity index (χ1) is 15.5. The molecule has 6 nitrogen and oxygen atoms in total. The van der Waals surface area contributed by atoms with Crippen LogP contribution < -0.4 is 15.1 Å². The summed E-state index contributed by atoms with van der Waals surface area (Å²) < 4.78 is 25.0. The molecule has 1 atom stereocenters. The first-order valence-electron chi connectivity index (χ1n) is 10.4. The molecular weight excluding hydrogens is 542 g/mol. The number of benzene rings is 2. The van der Waals surface area contributed by atoms with E-state index in [1.807, 2.05) is 31.2 Å². The lowest BCUT2D eigenvalue weighted by Gasteiger charge is -2.32. The van der Waals surface area contributed by atoms with Gasteiger partial charge in [-0.3, -0.25) is 4.90 Å². The minimum absolute atomic E-state index is 0.00331. The maximum atomic E-state index is 11.7. The molecule has 0 unspecified atom stereocenters. The zero-order valence-corrected chi connectivity index (χ0v) is 20.6. The topological polar surface area (TPSA) is 61.1 Å². The number of halogens is 2. The van der Waals surface area contributed by atoms with Crippen molar-refractivity contribution in [3.05, 3.63) is 78.7 Å². The summed E-state index contributed by atoms with van der Waals surface area (Å²) in [5.74, 6) is 2.30. The number of aryl methyl sites for hydroxylation is 1. The molecule has 2 aromatic carbocycles. The molecule has 166 valence electrons. The Morgan fingerprint density at radius 2 is 1.97 bits per heavy atom. The molecule has 3 heterocycles. The molecule has 0 aliphatic carbocycles. The predicted octanol–water partition coefficient (Wildman–Crippen LogP) is 5.36. The summed E-state index contributed by atoms with van der Waals surface area (Å²) in [7, 11) is 0. The van der Waals surface area contributed by atoms with Crippen LogP contribution in [0.25, 0.3) is 11.0 Å². The van der Waals surface area contributed by atoms with Gasteiger partial charge in [-0.2, -0.15) is 0 Å². The molecule has 0 amide bonds. The standard InChI is InChI=1S/C24H21Br2NO5/c1-14-10-22(28)31-21-13-16(2-3-17(14)21)30-7-4-20-23(27-5-8-29-9-6-27)18-11-15(25)12-19(26)24(18)32-20/h2-4,10-13,23H,5-9H2,1H3/b20-4+/t23-/m1/s1. The fraction of sp³-hybridized carbons (Fsp3) is 0.292. The fourth-order valence-electron chi connectivity index (χ4n) is 4.20. The highest BCUT2D eigenvalue weighted by Gasteiger charge is 2.36. The Bertz CT molecular complexity index is 1260. The van der Waals surface area contributed by atoms with Crippen LogP contribution in [-0.2, 0) is 4.74 Å². The van der Waals surface area contributed by atoms with Crippen LogP contribution in [0.15, 0.2) is 66.4 Å². The molecule has 2 aliphatic heterocycles. The minimum atomic E-state index is -0.364. The first kappa shape index (κ1) is 21.7. The number of fused-ring (bicyclic) bond motifs is 2. The molecule has 3 aromatic rings. The van der Waals surface area contributed by atoms with Crippen LogP contribution >= 0.6 is 31.9 Å². The van der Waals surface area contributed by atoms with E-state index >= 15 is 0 Å². The lowest BCUT2D eigenvalue weighted by atomic mass is 10.0. The number of morpholine rings is 1. The van der Waals surface area contributed by atoms with Gasteiger partial charge in [0, 0.05) is 40.6 Å². The van der Waals surface area contributed by atoms with Crippen molar-refractivity contribution >= 4 is 42.8 Å². The van der Waals surface area contributed by atoms with E-state index in [9.17, 15) is 4.79 Å². The van der Waals surface area contributed by atoms with Gasteiger partial charge in [0.2, 0.25) is 0 Å². The smallest absolute Gasteiger partial charge is 0.336 e. The van der Waals surface area contributed by atoms with E-state index in [4.69, 9.17) is 18.6 Å². The highest BCUT2D eigenvalue weighted by atomic mass is 79.9. The summed E-state index contributed by atoms with van der Waals surface area (Å²) in [5, 5.41) is 0.896. The van der Waals surface area contributed by atoms with Gasteiger partial charge in [0.15, 0.2) is 0 Å². The molecule has 32 heavy (non-hydrogen) atoms. The zero-order valence-electron chi connectivity index (χ0n) is 17.4. The van der Waals surface area contributed by atoms with Crippen molar-refractivity contribution in [2.75, 3.05) is 32.9 Å². The Kier molecular flexibility index (Phi) is 6.11. The van der Waals surface area contributed by atoms with E-state index < -0.39 is 0 Å². The SMILES string of the molecule is Cc1cc(=O)oc2cc(OC/C=C3/Oc4c(Br)cc(Br)cc4[C@H]3N3CCOCC3)ccc12. The zero-order chi connectivity index (χ0) is 22.2. The highest BCUT2D eigenvalue weighted by Crippen LogP contribution is 2.48. The Morgan fingerprint density at radius 3 is 2.78 bits per heavy atom. The maximum absolute atomic E-state index is 11.7. The van der Waals surface area contributed by atoms with Crippen LogP contribution in [0.3, 0.4) is 0 Å². The third kappa shape index (κ3) is 4.24. The quantitative estimate of drug-likeness (QED) is 0.399. The number of ether oxygens (including phenoxy) is 3. The van der Waals surface area contributed by atoms with Gasteiger partial charge < -0.3 is 18.6 Å². The van der Waals surface area contributed by atoms with Crippen LogP contribution in [0.1, 0.15) is 17.2 Å². The van der Waals surface area contributed by atoms with Gasteiger partial charge in [-0.15, -0.1) is 0 Å². The van der Waals surface area contributed by atoms with Gasteiger partial charge in [0.25, 0.3) is 0 Å². The monoisotopic (exact) mass is 561 g/mol. The molecule has 5 rings (SSSR count). The largest absolute Gasteiger partial charge is 0.489 e. The van der Waals surface area contributed by atoms with Crippen LogP contribution in [0.4, 0.5) is 0 Å². The first-order valence-corrected chi connectivity index (χ1v) is 11.9. The molecule has 0 radical (unpaired) electrons. The average Bonchev–Trinajstić information content (AvgIpc) is 3.12. The molecule has 0 bridgehead atoms. The number of hydrogen-bond donors (Lipinski definition) is 0. The van der Waals surface area contributed by atoms with Crippen molar-refractivity contribution in [1.29, 1.82) is 0 Å². The molecule has 0 saturated carbocycles. The molecule has 0 N–H and O–H groups in total. The van der Waals surface area contributed by atoms with E-state index in [0.29, 0.717) is 31.2 Å². The van der Waals surface area contributed by atoms with Gasteiger partial charge in [0.1, 0.15) is 29.4 Å². The third-order valence-electron chi connectivity index (χ3n) is 5.69. The van der Waals surface area contributed by atoms with Gasteiger partial charge in [0.05, 0.1) is 23.7 Å². The summed E-state index contributed by atoms with van der Waals surface area (Å²) in [6.07, 6.45) is 1.97. The second-order valence-corrected chi connectivity index (χ2v) is 9.55. The second kappa shape index (κ2) is 9.02. The van der Waals surface area contributed by atoms with Crippen molar-refractivity contribution in [3.8, 4) is 11.5 Å². The summed E-state index contributed by atoms with van der Waals surface area (Å²) in [4.78, 5) is 14.1. The second-order valence-electron chi connectivity index (χ2n) is 7.78. The van der Waals surface area contributed by atoms with E-state index in [2.05, 4.69) is 42.8 Å². The fourth-order valence-corrected chi connectivity index (χ4v) is 5.54. The van der Waals surface area contributed by atoms with Gasteiger partial charge in [-0.05, 0) is 58.8 Å². The lowest BCUT2D eigenvalue weighted by Crippen LogP contribution is -2.39. The van der Waals surface area contributed by atoms with Crippen LogP contribution in [-0.4, -0.2) is 37.8 Å². The highest BCUT2D eigenvalue weighted by molar-refractivity contribution is 9.11. The summed E-state index contributed by atoms with van der Waals surface area (Å²) >= 11 is 7.22.